The molecule has 2 rings (SSSR count). The Hall–Kier alpha value is -2.25. The fourth-order valence-corrected chi connectivity index (χ4v) is 2.70. The SMILES string of the molecule is CCOCC[C@H](O)[C@](C)(OCc1ccc(-c2ccccc2)cc1)C(=O)NO. The first kappa shape index (κ1) is 21.1. The molecule has 0 aromatic heterocycles. The Morgan fingerprint density at radius 3 is 2.33 bits per heavy atom. The van der Waals surface area contributed by atoms with Gasteiger partial charge in [0.2, 0.25) is 0 Å². The number of benzene rings is 2. The maximum absolute atomic E-state index is 12.1. The third-order valence-electron chi connectivity index (χ3n) is 4.53. The Morgan fingerprint density at radius 2 is 1.74 bits per heavy atom. The molecule has 0 aliphatic heterocycles. The number of hydrogen-bond acceptors (Lipinski definition) is 5. The predicted octanol–water partition coefficient (Wildman–Crippen LogP) is 2.92. The van der Waals surface area contributed by atoms with Crippen molar-refractivity contribution >= 4 is 5.91 Å². The highest BCUT2D eigenvalue weighted by molar-refractivity contribution is 5.84. The first-order valence-corrected chi connectivity index (χ1v) is 9.00. The molecule has 0 aliphatic rings. The summed E-state index contributed by atoms with van der Waals surface area (Å²) >= 11 is 0. The van der Waals surface area contributed by atoms with Gasteiger partial charge < -0.3 is 14.6 Å². The van der Waals surface area contributed by atoms with Crippen LogP contribution in [0.2, 0.25) is 0 Å². The molecule has 0 spiro atoms. The van der Waals surface area contributed by atoms with Gasteiger partial charge in [-0.1, -0.05) is 54.6 Å². The summed E-state index contributed by atoms with van der Waals surface area (Å²) < 4.78 is 10.9. The Balaban J connectivity index is 2.04. The van der Waals surface area contributed by atoms with Gasteiger partial charge in [0.25, 0.3) is 5.91 Å². The van der Waals surface area contributed by atoms with Crippen molar-refractivity contribution in [3.05, 3.63) is 60.2 Å². The second-order valence-corrected chi connectivity index (χ2v) is 6.40. The van der Waals surface area contributed by atoms with E-state index in [1.165, 1.54) is 6.92 Å². The van der Waals surface area contributed by atoms with E-state index in [9.17, 15) is 9.90 Å². The van der Waals surface area contributed by atoms with E-state index in [1.54, 1.807) is 5.48 Å². The van der Waals surface area contributed by atoms with Crippen LogP contribution in [0.3, 0.4) is 0 Å². The number of amides is 1. The van der Waals surface area contributed by atoms with Crippen molar-refractivity contribution < 1.29 is 24.6 Å². The number of nitrogens with one attached hydrogen (secondary N) is 1. The average Bonchev–Trinajstić information content (AvgIpc) is 2.72. The van der Waals surface area contributed by atoms with Gasteiger partial charge in [-0.3, -0.25) is 10.0 Å². The third-order valence-corrected chi connectivity index (χ3v) is 4.53. The van der Waals surface area contributed by atoms with Crippen molar-refractivity contribution in [3.8, 4) is 11.1 Å². The molecule has 0 unspecified atom stereocenters. The van der Waals surface area contributed by atoms with Crippen LogP contribution in [0.1, 0.15) is 25.8 Å². The van der Waals surface area contributed by atoms with Gasteiger partial charge in [-0.25, -0.2) is 5.48 Å². The summed E-state index contributed by atoms with van der Waals surface area (Å²) in [6, 6.07) is 17.8. The molecule has 146 valence electrons. The van der Waals surface area contributed by atoms with Crippen molar-refractivity contribution in [3.63, 3.8) is 0 Å². The molecular weight excluding hydrogens is 346 g/mol. The van der Waals surface area contributed by atoms with Gasteiger partial charge in [-0.15, -0.1) is 0 Å². The van der Waals surface area contributed by atoms with E-state index in [0.717, 1.165) is 16.7 Å². The van der Waals surface area contributed by atoms with E-state index in [0.29, 0.717) is 13.2 Å². The van der Waals surface area contributed by atoms with Gasteiger partial charge in [0, 0.05) is 19.6 Å². The smallest absolute Gasteiger partial charge is 0.277 e. The minimum Gasteiger partial charge on any atom is -0.389 e. The number of aliphatic hydroxyl groups is 1. The zero-order valence-electron chi connectivity index (χ0n) is 15.7. The molecule has 0 saturated carbocycles. The monoisotopic (exact) mass is 373 g/mol. The molecule has 0 aliphatic carbocycles. The highest BCUT2D eigenvalue weighted by Gasteiger charge is 2.41. The van der Waals surface area contributed by atoms with Crippen molar-refractivity contribution in [2.24, 2.45) is 0 Å². The second kappa shape index (κ2) is 10.2. The van der Waals surface area contributed by atoms with Crippen LogP contribution in [0.15, 0.2) is 54.6 Å². The van der Waals surface area contributed by atoms with Crippen LogP contribution in [-0.4, -0.2) is 41.1 Å². The number of hydrogen-bond donors (Lipinski definition) is 3. The minimum atomic E-state index is -1.59. The van der Waals surface area contributed by atoms with Crippen molar-refractivity contribution in [2.75, 3.05) is 13.2 Å². The van der Waals surface area contributed by atoms with E-state index in [4.69, 9.17) is 14.7 Å². The highest BCUT2D eigenvalue weighted by atomic mass is 16.5. The molecule has 0 fully saturated rings. The van der Waals surface area contributed by atoms with Gasteiger partial charge in [0.05, 0.1) is 12.7 Å². The van der Waals surface area contributed by atoms with Crippen LogP contribution < -0.4 is 5.48 Å². The number of aliphatic hydroxyl groups excluding tert-OH is 1. The number of hydroxylamine groups is 1. The predicted molar refractivity (Wildman–Crippen MR) is 102 cm³/mol. The quantitative estimate of drug-likeness (QED) is 0.339. The van der Waals surface area contributed by atoms with Crippen LogP contribution in [0.25, 0.3) is 11.1 Å². The molecule has 0 heterocycles. The average molecular weight is 373 g/mol. The van der Waals surface area contributed by atoms with Crippen LogP contribution in [-0.2, 0) is 20.9 Å². The Labute approximate surface area is 159 Å². The molecule has 0 saturated heterocycles. The Kier molecular flexibility index (Phi) is 7.94. The summed E-state index contributed by atoms with van der Waals surface area (Å²) in [5.74, 6) is -0.799. The zero-order chi connectivity index (χ0) is 19.7. The standard InChI is InChI=1S/C21H27NO5/c1-3-26-14-13-19(23)21(2,20(24)22-25)27-15-16-9-11-18(12-10-16)17-7-5-4-6-8-17/h4-12,19,23,25H,3,13-15H2,1-2H3,(H,22,24)/t19-,21-/m0/s1. The maximum atomic E-state index is 12.1. The Bertz CT molecular complexity index is 704. The van der Waals surface area contributed by atoms with Crippen LogP contribution >= 0.6 is 0 Å². The second-order valence-electron chi connectivity index (χ2n) is 6.40. The summed E-state index contributed by atoms with van der Waals surface area (Å²) in [6.07, 6.45) is -0.912. The molecule has 2 aromatic rings. The minimum absolute atomic E-state index is 0.116. The van der Waals surface area contributed by atoms with E-state index in [-0.39, 0.29) is 13.0 Å². The van der Waals surface area contributed by atoms with Gasteiger partial charge >= 0.3 is 0 Å². The van der Waals surface area contributed by atoms with Gasteiger partial charge in [-0.2, -0.15) is 0 Å². The van der Waals surface area contributed by atoms with E-state index < -0.39 is 17.6 Å². The lowest BCUT2D eigenvalue weighted by Gasteiger charge is -2.32. The topological polar surface area (TPSA) is 88.0 Å². The van der Waals surface area contributed by atoms with Gasteiger partial charge in [0.15, 0.2) is 5.60 Å². The fourth-order valence-electron chi connectivity index (χ4n) is 2.70. The van der Waals surface area contributed by atoms with E-state index in [1.807, 2.05) is 61.5 Å². The first-order valence-electron chi connectivity index (χ1n) is 9.00. The molecule has 1 amide bonds. The summed E-state index contributed by atoms with van der Waals surface area (Å²) in [5, 5.41) is 19.4. The number of carbonyl (C=O) groups excluding carboxylic acids is 1. The molecule has 6 nitrogen and oxygen atoms in total. The molecular formula is C21H27NO5. The lowest BCUT2D eigenvalue weighted by molar-refractivity contribution is -0.174. The molecule has 3 N–H and O–H groups in total. The van der Waals surface area contributed by atoms with E-state index >= 15 is 0 Å². The molecule has 2 aromatic carbocycles. The zero-order valence-corrected chi connectivity index (χ0v) is 15.7. The lowest BCUT2D eigenvalue weighted by Crippen LogP contribution is -2.54. The third kappa shape index (κ3) is 5.61. The normalized spacial score (nSPS) is 14.4. The highest BCUT2D eigenvalue weighted by Crippen LogP contribution is 2.23. The van der Waals surface area contributed by atoms with Crippen molar-refractivity contribution in [2.45, 2.75) is 38.6 Å². The lowest BCUT2D eigenvalue weighted by atomic mass is 9.95. The molecule has 0 bridgehead atoms. The largest absolute Gasteiger partial charge is 0.389 e. The fraction of sp³-hybridized carbons (Fsp3) is 0.381. The summed E-state index contributed by atoms with van der Waals surface area (Å²) in [5.41, 5.74) is 3.02. The molecule has 27 heavy (non-hydrogen) atoms. The van der Waals surface area contributed by atoms with Crippen LogP contribution in [0.5, 0.6) is 0 Å². The molecule has 2 atom stereocenters. The maximum Gasteiger partial charge on any atom is 0.277 e. The molecule has 0 radical (unpaired) electrons. The van der Waals surface area contributed by atoms with E-state index in [2.05, 4.69) is 0 Å². The van der Waals surface area contributed by atoms with Crippen molar-refractivity contribution in [1.82, 2.24) is 5.48 Å². The number of rotatable bonds is 10. The number of carbonyl (C=O) groups is 1. The first-order chi connectivity index (χ1) is 13.0. The summed E-state index contributed by atoms with van der Waals surface area (Å²) in [6.45, 7) is 4.23. The summed E-state index contributed by atoms with van der Waals surface area (Å²) in [4.78, 5) is 12.1. The summed E-state index contributed by atoms with van der Waals surface area (Å²) in [7, 11) is 0. The van der Waals surface area contributed by atoms with Crippen LogP contribution in [0.4, 0.5) is 0 Å². The van der Waals surface area contributed by atoms with Crippen LogP contribution in [0, 0.1) is 0 Å². The van der Waals surface area contributed by atoms with Crippen molar-refractivity contribution in [1.29, 1.82) is 0 Å². The Morgan fingerprint density at radius 1 is 1.11 bits per heavy atom. The van der Waals surface area contributed by atoms with Gasteiger partial charge in [0.1, 0.15) is 0 Å². The molecule has 6 heteroatoms. The number of ether oxygens (including phenoxy) is 2. The van der Waals surface area contributed by atoms with Gasteiger partial charge in [-0.05, 0) is 30.5 Å².